The van der Waals surface area contributed by atoms with Gasteiger partial charge in [-0.25, -0.2) is 5.01 Å². The number of carbonyl (C=O) groups excluding carboxylic acids is 2. The second kappa shape index (κ2) is 11.9. The Kier molecular flexibility index (Phi) is 8.22. The van der Waals surface area contributed by atoms with Crippen LogP contribution >= 0.6 is 0 Å². The molecule has 1 N–H and O–H groups in total. The molecule has 3 aliphatic rings. The van der Waals surface area contributed by atoms with Crippen molar-refractivity contribution in [3.63, 3.8) is 0 Å². The van der Waals surface area contributed by atoms with Gasteiger partial charge in [0.25, 0.3) is 5.91 Å². The van der Waals surface area contributed by atoms with Crippen LogP contribution in [-0.2, 0) is 20.9 Å². The maximum absolute atomic E-state index is 13.5. The van der Waals surface area contributed by atoms with E-state index in [2.05, 4.69) is 29.5 Å². The Morgan fingerprint density at radius 3 is 2.49 bits per heavy atom. The molecular formula is C31H39N3O3. The van der Waals surface area contributed by atoms with Gasteiger partial charge in [0, 0.05) is 11.6 Å². The van der Waals surface area contributed by atoms with Crippen molar-refractivity contribution in [3.8, 4) is 0 Å². The molecule has 1 heterocycles. The van der Waals surface area contributed by atoms with Gasteiger partial charge in [0.05, 0.1) is 12.5 Å². The molecule has 37 heavy (non-hydrogen) atoms. The number of rotatable bonds is 11. The average Bonchev–Trinajstić information content (AvgIpc) is 3.58. The van der Waals surface area contributed by atoms with E-state index in [1.807, 2.05) is 42.5 Å². The molecule has 6 nitrogen and oxygen atoms in total. The van der Waals surface area contributed by atoms with Crippen molar-refractivity contribution in [3.05, 3.63) is 71.3 Å². The first kappa shape index (κ1) is 25.5. The van der Waals surface area contributed by atoms with Crippen molar-refractivity contribution < 1.29 is 14.3 Å². The molecule has 1 aliphatic heterocycles. The molecule has 2 fully saturated rings. The lowest BCUT2D eigenvalue weighted by Crippen LogP contribution is -2.38. The Morgan fingerprint density at radius 2 is 1.78 bits per heavy atom. The van der Waals surface area contributed by atoms with E-state index >= 15 is 0 Å². The van der Waals surface area contributed by atoms with Gasteiger partial charge in [0.15, 0.2) is 6.61 Å². The van der Waals surface area contributed by atoms with Gasteiger partial charge in [0.1, 0.15) is 0 Å². The third-order valence-electron chi connectivity index (χ3n) is 8.01. The van der Waals surface area contributed by atoms with Crippen LogP contribution in [0.25, 0.3) is 0 Å². The van der Waals surface area contributed by atoms with Gasteiger partial charge in [0.2, 0.25) is 11.8 Å². The van der Waals surface area contributed by atoms with Gasteiger partial charge in [-0.05, 0) is 61.3 Å². The first-order valence-electron chi connectivity index (χ1n) is 14.0. The molecule has 0 saturated heterocycles. The normalized spacial score (nSPS) is 19.8. The minimum absolute atomic E-state index is 0.0193. The molecule has 2 aromatic carbocycles. The van der Waals surface area contributed by atoms with E-state index in [0.717, 1.165) is 41.9 Å². The molecule has 2 aliphatic carbocycles. The van der Waals surface area contributed by atoms with Gasteiger partial charge in [-0.2, -0.15) is 0 Å². The van der Waals surface area contributed by atoms with Crippen LogP contribution < -0.4 is 5.32 Å². The van der Waals surface area contributed by atoms with Gasteiger partial charge < -0.3 is 10.1 Å². The Bertz CT molecular complexity index is 1090. The minimum atomic E-state index is -0.164. The molecule has 2 amide bonds. The molecule has 2 aromatic rings. The van der Waals surface area contributed by atoms with E-state index in [1.165, 1.54) is 43.5 Å². The molecule has 5 rings (SSSR count). The maximum atomic E-state index is 13.5. The summed E-state index contributed by atoms with van der Waals surface area (Å²) in [5, 5.41) is 9.27. The van der Waals surface area contributed by atoms with Crippen molar-refractivity contribution >= 4 is 17.7 Å². The van der Waals surface area contributed by atoms with E-state index in [0.29, 0.717) is 18.4 Å². The van der Waals surface area contributed by atoms with Crippen LogP contribution in [0.1, 0.15) is 87.3 Å². The van der Waals surface area contributed by atoms with E-state index in [4.69, 9.17) is 4.74 Å². The molecule has 2 unspecified atom stereocenters. The van der Waals surface area contributed by atoms with Crippen molar-refractivity contribution in [1.82, 2.24) is 10.3 Å². The minimum Gasteiger partial charge on any atom is -0.466 e. The van der Waals surface area contributed by atoms with Gasteiger partial charge in [-0.1, -0.05) is 81.0 Å². The molecule has 0 aromatic heterocycles. The highest BCUT2D eigenvalue weighted by atomic mass is 16.5. The highest BCUT2D eigenvalue weighted by Gasteiger charge is 2.33. The summed E-state index contributed by atoms with van der Waals surface area (Å²) >= 11 is 0. The summed E-state index contributed by atoms with van der Waals surface area (Å²) in [5.74, 6) is 1.68. The number of hydrazone groups is 1. The SMILES string of the molecule is CC(CCCC1CC1)NC(=O)C(c1ccc(CN2N=C(c3ccccc3)OCC2=O)cc1)C1CCCC1. The summed E-state index contributed by atoms with van der Waals surface area (Å²) in [6.07, 6.45) is 10.9. The number of nitrogens with zero attached hydrogens (tertiary/aromatic N) is 2. The first-order chi connectivity index (χ1) is 18.1. The van der Waals surface area contributed by atoms with Crippen LogP contribution in [0.2, 0.25) is 0 Å². The van der Waals surface area contributed by atoms with Crippen molar-refractivity contribution in [2.24, 2.45) is 16.9 Å². The van der Waals surface area contributed by atoms with Crippen LogP contribution in [0.3, 0.4) is 0 Å². The quantitative estimate of drug-likeness (QED) is 0.425. The predicted molar refractivity (Wildman–Crippen MR) is 145 cm³/mol. The maximum Gasteiger partial charge on any atom is 0.281 e. The summed E-state index contributed by atoms with van der Waals surface area (Å²) in [6, 6.07) is 18.0. The summed E-state index contributed by atoms with van der Waals surface area (Å²) in [7, 11) is 0. The van der Waals surface area contributed by atoms with E-state index in [1.54, 1.807) is 0 Å². The summed E-state index contributed by atoms with van der Waals surface area (Å²) < 4.78 is 5.56. The standard InChI is InChI=1S/C31H39N3O3/c1-22(8-7-9-23-14-15-23)32-30(36)29(25-10-5-6-11-25)26-18-16-24(17-19-26)20-34-28(35)21-37-31(33-34)27-12-3-2-4-13-27/h2-4,12-13,16-19,22-23,25,29H,5-11,14-15,20-21H2,1H3,(H,32,36). The molecule has 0 radical (unpaired) electrons. The number of hydrogen-bond acceptors (Lipinski definition) is 4. The fraction of sp³-hybridized carbons (Fsp3) is 0.516. The number of amides is 2. The Hall–Kier alpha value is -3.15. The lowest BCUT2D eigenvalue weighted by Gasteiger charge is -2.26. The van der Waals surface area contributed by atoms with Crippen LogP contribution in [0.5, 0.6) is 0 Å². The smallest absolute Gasteiger partial charge is 0.281 e. The summed E-state index contributed by atoms with van der Waals surface area (Å²) in [4.78, 5) is 25.9. The third-order valence-corrected chi connectivity index (χ3v) is 8.01. The van der Waals surface area contributed by atoms with Crippen molar-refractivity contribution in [2.45, 2.75) is 83.2 Å². The second-order valence-electron chi connectivity index (χ2n) is 11.1. The number of nitrogens with one attached hydrogen (secondary N) is 1. The summed E-state index contributed by atoms with van der Waals surface area (Å²) in [6.45, 7) is 2.49. The molecule has 6 heteroatoms. The lowest BCUT2D eigenvalue weighted by molar-refractivity contribution is -0.136. The van der Waals surface area contributed by atoms with Crippen LogP contribution in [0.15, 0.2) is 59.7 Å². The number of hydrogen-bond donors (Lipinski definition) is 1. The van der Waals surface area contributed by atoms with Crippen molar-refractivity contribution in [2.75, 3.05) is 6.61 Å². The topological polar surface area (TPSA) is 71.0 Å². The van der Waals surface area contributed by atoms with Gasteiger partial charge in [-0.3, -0.25) is 9.59 Å². The first-order valence-corrected chi connectivity index (χ1v) is 14.0. The fourth-order valence-electron chi connectivity index (χ4n) is 5.70. The zero-order valence-corrected chi connectivity index (χ0v) is 21.9. The number of benzene rings is 2. The molecule has 196 valence electrons. The van der Waals surface area contributed by atoms with E-state index in [-0.39, 0.29) is 30.4 Å². The van der Waals surface area contributed by atoms with Crippen LogP contribution in [-0.4, -0.2) is 35.4 Å². The second-order valence-corrected chi connectivity index (χ2v) is 11.1. The van der Waals surface area contributed by atoms with Crippen LogP contribution in [0, 0.1) is 11.8 Å². The highest BCUT2D eigenvalue weighted by Crippen LogP contribution is 2.38. The molecule has 0 bridgehead atoms. The Balaban J connectivity index is 1.25. The predicted octanol–water partition coefficient (Wildman–Crippen LogP) is 5.77. The largest absolute Gasteiger partial charge is 0.466 e. The van der Waals surface area contributed by atoms with Gasteiger partial charge in [-0.15, -0.1) is 5.10 Å². The van der Waals surface area contributed by atoms with Crippen LogP contribution in [0.4, 0.5) is 0 Å². The van der Waals surface area contributed by atoms with E-state index < -0.39 is 0 Å². The lowest BCUT2D eigenvalue weighted by atomic mass is 9.83. The Morgan fingerprint density at radius 1 is 1.05 bits per heavy atom. The van der Waals surface area contributed by atoms with Crippen molar-refractivity contribution in [1.29, 1.82) is 0 Å². The monoisotopic (exact) mass is 501 g/mol. The molecule has 2 saturated carbocycles. The molecule has 0 spiro atoms. The molecule has 2 atom stereocenters. The zero-order valence-electron chi connectivity index (χ0n) is 21.9. The number of carbonyl (C=O) groups is 2. The Labute approximate surface area is 220 Å². The summed E-state index contributed by atoms with van der Waals surface area (Å²) in [5.41, 5.74) is 2.90. The van der Waals surface area contributed by atoms with E-state index in [9.17, 15) is 9.59 Å². The zero-order chi connectivity index (χ0) is 25.6. The average molecular weight is 502 g/mol. The third kappa shape index (κ3) is 6.79. The fourth-order valence-corrected chi connectivity index (χ4v) is 5.70. The number of ether oxygens (including phenoxy) is 1. The highest BCUT2D eigenvalue weighted by molar-refractivity contribution is 5.97. The molecular weight excluding hydrogens is 462 g/mol. The van der Waals surface area contributed by atoms with Gasteiger partial charge >= 0.3 is 0 Å².